The Kier molecular flexibility index (Phi) is 5.27. The molecule has 0 aliphatic heterocycles. The van der Waals surface area contributed by atoms with Crippen LogP contribution in [0, 0.1) is 0 Å². The van der Waals surface area contributed by atoms with Gasteiger partial charge in [-0.25, -0.2) is 0 Å². The highest BCUT2D eigenvalue weighted by molar-refractivity contribution is 5.39. The molecule has 0 fully saturated rings. The van der Waals surface area contributed by atoms with Crippen molar-refractivity contribution in [1.29, 1.82) is 0 Å². The SMILES string of the molecule is OCc1ccc(COc2ccccc2OCC(F)(F)F)cc1. The van der Waals surface area contributed by atoms with Crippen LogP contribution in [-0.2, 0) is 13.2 Å². The van der Waals surface area contributed by atoms with Gasteiger partial charge in [-0.2, -0.15) is 13.2 Å². The molecule has 0 bridgehead atoms. The summed E-state index contributed by atoms with van der Waals surface area (Å²) in [6.45, 7) is -1.22. The Bertz CT molecular complexity index is 594. The average molecular weight is 312 g/mol. The van der Waals surface area contributed by atoms with Crippen LogP contribution in [0.4, 0.5) is 13.2 Å². The van der Waals surface area contributed by atoms with E-state index in [1.807, 2.05) is 0 Å². The molecule has 0 radical (unpaired) electrons. The maximum atomic E-state index is 12.2. The van der Waals surface area contributed by atoms with E-state index in [9.17, 15) is 13.2 Å². The summed E-state index contributed by atoms with van der Waals surface area (Å²) >= 11 is 0. The van der Waals surface area contributed by atoms with Crippen molar-refractivity contribution in [2.24, 2.45) is 0 Å². The molecule has 0 aromatic heterocycles. The van der Waals surface area contributed by atoms with E-state index in [1.54, 1.807) is 42.5 Å². The molecule has 2 aromatic rings. The molecule has 2 aromatic carbocycles. The molecule has 3 nitrogen and oxygen atoms in total. The third-order valence-electron chi connectivity index (χ3n) is 2.84. The van der Waals surface area contributed by atoms with Gasteiger partial charge in [0.1, 0.15) is 6.61 Å². The van der Waals surface area contributed by atoms with Gasteiger partial charge in [-0.1, -0.05) is 36.4 Å². The van der Waals surface area contributed by atoms with Gasteiger partial charge < -0.3 is 14.6 Å². The van der Waals surface area contributed by atoms with Crippen molar-refractivity contribution >= 4 is 0 Å². The number of alkyl halides is 3. The predicted molar refractivity (Wildman–Crippen MR) is 74.7 cm³/mol. The second kappa shape index (κ2) is 7.17. The van der Waals surface area contributed by atoms with Crippen LogP contribution in [0.1, 0.15) is 11.1 Å². The van der Waals surface area contributed by atoms with Gasteiger partial charge in [-0.3, -0.25) is 0 Å². The number of ether oxygens (including phenoxy) is 2. The second-order valence-electron chi connectivity index (χ2n) is 4.61. The van der Waals surface area contributed by atoms with Gasteiger partial charge in [0.15, 0.2) is 18.1 Å². The summed E-state index contributed by atoms with van der Waals surface area (Å²) in [5, 5.41) is 8.96. The molecule has 118 valence electrons. The quantitative estimate of drug-likeness (QED) is 0.884. The molecule has 0 heterocycles. The standard InChI is InChI=1S/C16H15F3O3/c17-16(18,19)11-22-15-4-2-1-3-14(15)21-10-13-7-5-12(9-20)6-8-13/h1-8,20H,9-11H2. The summed E-state index contributed by atoms with van der Waals surface area (Å²) in [6.07, 6.45) is -4.40. The van der Waals surface area contributed by atoms with Gasteiger partial charge in [-0.05, 0) is 23.3 Å². The minimum absolute atomic E-state index is 0.0464. The molecule has 1 N–H and O–H groups in total. The van der Waals surface area contributed by atoms with Gasteiger partial charge in [0.05, 0.1) is 6.61 Å². The maximum absolute atomic E-state index is 12.2. The van der Waals surface area contributed by atoms with Crippen molar-refractivity contribution in [2.45, 2.75) is 19.4 Å². The largest absolute Gasteiger partial charge is 0.485 e. The first kappa shape index (κ1) is 16.2. The zero-order valence-corrected chi connectivity index (χ0v) is 11.6. The Morgan fingerprint density at radius 2 is 1.36 bits per heavy atom. The predicted octanol–water partition coefficient (Wildman–Crippen LogP) is 3.70. The fourth-order valence-electron chi connectivity index (χ4n) is 1.75. The normalized spacial score (nSPS) is 11.3. The summed E-state index contributed by atoms with van der Waals surface area (Å²) in [6, 6.07) is 13.3. The molecule has 0 aliphatic carbocycles. The van der Waals surface area contributed by atoms with E-state index in [4.69, 9.17) is 14.6 Å². The van der Waals surface area contributed by atoms with Crippen molar-refractivity contribution in [2.75, 3.05) is 6.61 Å². The van der Waals surface area contributed by atoms with Crippen LogP contribution in [0.15, 0.2) is 48.5 Å². The smallest absolute Gasteiger partial charge is 0.422 e. The van der Waals surface area contributed by atoms with Crippen molar-refractivity contribution in [1.82, 2.24) is 0 Å². The lowest BCUT2D eigenvalue weighted by atomic mass is 10.1. The average Bonchev–Trinajstić information content (AvgIpc) is 2.51. The van der Waals surface area contributed by atoms with E-state index < -0.39 is 12.8 Å². The van der Waals surface area contributed by atoms with Crippen molar-refractivity contribution in [3.05, 3.63) is 59.7 Å². The number of hydrogen-bond acceptors (Lipinski definition) is 3. The number of rotatable bonds is 6. The molecule has 0 spiro atoms. The van der Waals surface area contributed by atoms with Crippen molar-refractivity contribution in [3.8, 4) is 11.5 Å². The number of aliphatic hydroxyl groups is 1. The van der Waals surface area contributed by atoms with Crippen LogP contribution in [-0.4, -0.2) is 17.9 Å². The van der Waals surface area contributed by atoms with Crippen LogP contribution in [0.25, 0.3) is 0 Å². The van der Waals surface area contributed by atoms with Crippen LogP contribution in [0.5, 0.6) is 11.5 Å². The van der Waals surface area contributed by atoms with Crippen molar-refractivity contribution in [3.63, 3.8) is 0 Å². The summed E-state index contributed by atoms with van der Waals surface area (Å²) in [4.78, 5) is 0. The summed E-state index contributed by atoms with van der Waals surface area (Å²) < 4.78 is 46.9. The monoisotopic (exact) mass is 312 g/mol. The molecule has 6 heteroatoms. The number of aliphatic hydroxyl groups excluding tert-OH is 1. The molecule has 0 atom stereocenters. The Morgan fingerprint density at radius 3 is 1.91 bits per heavy atom. The van der Waals surface area contributed by atoms with Crippen molar-refractivity contribution < 1.29 is 27.8 Å². The number of hydrogen-bond donors (Lipinski definition) is 1. The van der Waals surface area contributed by atoms with Crippen LogP contribution in [0.2, 0.25) is 0 Å². The Morgan fingerprint density at radius 1 is 0.818 bits per heavy atom. The highest BCUT2D eigenvalue weighted by Gasteiger charge is 2.28. The Labute approximate surface area is 125 Å². The molecular formula is C16H15F3O3. The lowest BCUT2D eigenvalue weighted by Gasteiger charge is -2.14. The molecule has 2 rings (SSSR count). The van der Waals surface area contributed by atoms with E-state index in [2.05, 4.69) is 0 Å². The summed E-state index contributed by atoms with van der Waals surface area (Å²) in [5.41, 5.74) is 1.61. The first-order valence-electron chi connectivity index (χ1n) is 6.58. The highest BCUT2D eigenvalue weighted by atomic mass is 19.4. The third-order valence-corrected chi connectivity index (χ3v) is 2.84. The van der Waals surface area contributed by atoms with E-state index in [-0.39, 0.29) is 24.7 Å². The highest BCUT2D eigenvalue weighted by Crippen LogP contribution is 2.29. The zero-order valence-electron chi connectivity index (χ0n) is 11.6. The summed E-state index contributed by atoms with van der Waals surface area (Å²) in [5.74, 6) is 0.296. The lowest BCUT2D eigenvalue weighted by Crippen LogP contribution is -2.19. The Hall–Kier alpha value is -2.21. The number of halogens is 3. The molecular weight excluding hydrogens is 297 g/mol. The molecule has 0 amide bonds. The van der Waals surface area contributed by atoms with E-state index in [0.29, 0.717) is 0 Å². The molecule has 0 saturated heterocycles. The van der Waals surface area contributed by atoms with Crippen LogP contribution < -0.4 is 9.47 Å². The molecule has 0 saturated carbocycles. The van der Waals surface area contributed by atoms with Gasteiger partial charge in [0, 0.05) is 0 Å². The molecule has 22 heavy (non-hydrogen) atoms. The first-order chi connectivity index (χ1) is 10.5. The van der Waals surface area contributed by atoms with Crippen LogP contribution >= 0.6 is 0 Å². The fourth-order valence-corrected chi connectivity index (χ4v) is 1.75. The van der Waals surface area contributed by atoms with E-state index in [0.717, 1.165) is 11.1 Å². The zero-order chi connectivity index (χ0) is 16.0. The topological polar surface area (TPSA) is 38.7 Å². The molecule has 0 aliphatic rings. The van der Waals surface area contributed by atoms with Crippen LogP contribution in [0.3, 0.4) is 0 Å². The van der Waals surface area contributed by atoms with E-state index >= 15 is 0 Å². The minimum Gasteiger partial charge on any atom is -0.485 e. The maximum Gasteiger partial charge on any atom is 0.422 e. The lowest BCUT2D eigenvalue weighted by molar-refractivity contribution is -0.153. The van der Waals surface area contributed by atoms with Gasteiger partial charge in [0.2, 0.25) is 0 Å². The van der Waals surface area contributed by atoms with Gasteiger partial charge in [0.25, 0.3) is 0 Å². The number of para-hydroxylation sites is 2. The third kappa shape index (κ3) is 4.96. The van der Waals surface area contributed by atoms with Gasteiger partial charge >= 0.3 is 6.18 Å². The molecule has 0 unspecified atom stereocenters. The Balaban J connectivity index is 1.99. The first-order valence-corrected chi connectivity index (χ1v) is 6.58. The minimum atomic E-state index is -4.40. The fraction of sp³-hybridized carbons (Fsp3) is 0.250. The second-order valence-corrected chi connectivity index (χ2v) is 4.61. The summed E-state index contributed by atoms with van der Waals surface area (Å²) in [7, 11) is 0. The van der Waals surface area contributed by atoms with Gasteiger partial charge in [-0.15, -0.1) is 0 Å². The van der Waals surface area contributed by atoms with E-state index in [1.165, 1.54) is 6.07 Å². The number of benzene rings is 2.